The molecule has 6 nitrogen and oxygen atoms in total. The van der Waals surface area contributed by atoms with Crippen molar-refractivity contribution in [2.24, 2.45) is 0 Å². The van der Waals surface area contributed by atoms with Crippen molar-refractivity contribution in [1.29, 1.82) is 0 Å². The van der Waals surface area contributed by atoms with Crippen molar-refractivity contribution in [3.8, 4) is 0 Å². The van der Waals surface area contributed by atoms with Crippen molar-refractivity contribution >= 4 is 44.2 Å². The van der Waals surface area contributed by atoms with E-state index < -0.39 is 0 Å². The van der Waals surface area contributed by atoms with E-state index in [-0.39, 0.29) is 11.9 Å². The van der Waals surface area contributed by atoms with Gasteiger partial charge >= 0.3 is 0 Å². The summed E-state index contributed by atoms with van der Waals surface area (Å²) in [5.41, 5.74) is 2.23. The molecule has 1 amide bonds. The number of aryl methyl sites for hydroxylation is 1. The molecule has 3 aromatic rings. The van der Waals surface area contributed by atoms with Gasteiger partial charge in [-0.05, 0) is 71.6 Å². The number of thiazole rings is 1. The lowest BCUT2D eigenvalue weighted by Gasteiger charge is -2.20. The molecule has 0 fully saturated rings. The third-order valence-corrected chi connectivity index (χ3v) is 6.01. The zero-order valence-electron chi connectivity index (χ0n) is 16.9. The first-order chi connectivity index (χ1) is 13.3. The van der Waals surface area contributed by atoms with Crippen LogP contribution in [0.3, 0.4) is 0 Å². The third kappa shape index (κ3) is 4.37. The maximum absolute atomic E-state index is 13.3. The summed E-state index contributed by atoms with van der Waals surface area (Å²) in [5.74, 6) is -0.124. The lowest BCUT2D eigenvalue weighted by Crippen LogP contribution is -2.33. The highest BCUT2D eigenvalue weighted by Crippen LogP contribution is 2.34. The van der Waals surface area contributed by atoms with Crippen molar-refractivity contribution < 1.29 is 4.79 Å². The summed E-state index contributed by atoms with van der Waals surface area (Å²) in [4.78, 5) is 21.9. The van der Waals surface area contributed by atoms with E-state index in [1.54, 1.807) is 15.6 Å². The summed E-state index contributed by atoms with van der Waals surface area (Å²) in [7, 11) is 4.05. The molecule has 1 aromatic carbocycles. The fourth-order valence-electron chi connectivity index (χ4n) is 2.91. The van der Waals surface area contributed by atoms with E-state index in [0.29, 0.717) is 22.4 Å². The van der Waals surface area contributed by atoms with Gasteiger partial charge in [0.2, 0.25) is 0 Å². The average Bonchev–Trinajstić information content (AvgIpc) is 3.28. The zero-order valence-corrected chi connectivity index (χ0v) is 18.5. The number of rotatable bonds is 7. The summed E-state index contributed by atoms with van der Waals surface area (Å²) in [6.45, 7) is 7.50. The molecule has 0 aliphatic carbocycles. The highest BCUT2D eigenvalue weighted by atomic mass is 35.5. The third-order valence-electron chi connectivity index (χ3n) is 4.56. The SMILES string of the molecule is Cc1c(Cl)ccc2sc(N(CCCN(C)C)C(=O)c3ccn(C(C)C)n3)nc12. The Hall–Kier alpha value is -1.96. The van der Waals surface area contributed by atoms with Crippen LogP contribution in [-0.4, -0.2) is 52.8 Å². The Bertz CT molecular complexity index is 978. The van der Waals surface area contributed by atoms with Crippen molar-refractivity contribution in [2.45, 2.75) is 33.2 Å². The second kappa shape index (κ2) is 8.59. The largest absolute Gasteiger partial charge is 0.309 e. The second-order valence-electron chi connectivity index (χ2n) is 7.40. The minimum Gasteiger partial charge on any atom is -0.309 e. The van der Waals surface area contributed by atoms with Crippen LogP contribution in [0, 0.1) is 6.92 Å². The predicted octanol–water partition coefficient (Wildman–Crippen LogP) is 4.63. The molecule has 150 valence electrons. The maximum Gasteiger partial charge on any atom is 0.280 e. The topological polar surface area (TPSA) is 54.3 Å². The quantitative estimate of drug-likeness (QED) is 0.560. The Balaban J connectivity index is 1.96. The molecule has 0 atom stereocenters. The van der Waals surface area contributed by atoms with E-state index in [4.69, 9.17) is 16.6 Å². The number of carbonyl (C=O) groups is 1. The monoisotopic (exact) mass is 419 g/mol. The predicted molar refractivity (Wildman–Crippen MR) is 117 cm³/mol. The number of fused-ring (bicyclic) bond motifs is 1. The molecule has 0 aliphatic heterocycles. The molecule has 0 saturated carbocycles. The van der Waals surface area contributed by atoms with Crippen molar-refractivity contribution in [1.82, 2.24) is 19.7 Å². The molecule has 3 rings (SSSR count). The molecular weight excluding hydrogens is 394 g/mol. The van der Waals surface area contributed by atoms with E-state index in [0.717, 1.165) is 28.7 Å². The number of halogens is 1. The summed E-state index contributed by atoms with van der Waals surface area (Å²) in [5, 5.41) is 5.82. The molecule has 0 aliphatic rings. The van der Waals surface area contributed by atoms with Gasteiger partial charge in [-0.3, -0.25) is 14.4 Å². The minimum atomic E-state index is -0.124. The van der Waals surface area contributed by atoms with Gasteiger partial charge in [-0.1, -0.05) is 22.9 Å². The molecule has 2 aromatic heterocycles. The van der Waals surface area contributed by atoms with Gasteiger partial charge in [-0.15, -0.1) is 0 Å². The van der Waals surface area contributed by atoms with Crippen LogP contribution in [0.5, 0.6) is 0 Å². The number of hydrogen-bond acceptors (Lipinski definition) is 5. The number of nitrogens with zero attached hydrogens (tertiary/aromatic N) is 5. The van der Waals surface area contributed by atoms with E-state index >= 15 is 0 Å². The number of hydrogen-bond donors (Lipinski definition) is 0. The van der Waals surface area contributed by atoms with E-state index in [9.17, 15) is 4.79 Å². The first-order valence-electron chi connectivity index (χ1n) is 9.35. The summed E-state index contributed by atoms with van der Waals surface area (Å²) >= 11 is 7.76. The molecule has 0 radical (unpaired) electrons. The summed E-state index contributed by atoms with van der Waals surface area (Å²) in [6, 6.07) is 5.82. The summed E-state index contributed by atoms with van der Waals surface area (Å²) < 4.78 is 2.82. The van der Waals surface area contributed by atoms with Crippen LogP contribution in [0.25, 0.3) is 10.2 Å². The van der Waals surface area contributed by atoms with Gasteiger partial charge in [0.1, 0.15) is 0 Å². The minimum absolute atomic E-state index is 0.124. The van der Waals surface area contributed by atoms with Gasteiger partial charge < -0.3 is 4.90 Å². The highest BCUT2D eigenvalue weighted by molar-refractivity contribution is 7.22. The normalized spacial score (nSPS) is 11.7. The Labute approximate surface area is 174 Å². The smallest absolute Gasteiger partial charge is 0.280 e. The van der Waals surface area contributed by atoms with Crippen molar-refractivity contribution in [3.63, 3.8) is 0 Å². The number of amides is 1. The van der Waals surface area contributed by atoms with Crippen LogP contribution in [0.1, 0.15) is 42.4 Å². The first-order valence-corrected chi connectivity index (χ1v) is 10.5. The molecule has 28 heavy (non-hydrogen) atoms. The lowest BCUT2D eigenvalue weighted by molar-refractivity contribution is 0.0980. The van der Waals surface area contributed by atoms with E-state index in [1.165, 1.54) is 11.3 Å². The fraction of sp³-hybridized carbons (Fsp3) is 0.450. The molecule has 2 heterocycles. The van der Waals surface area contributed by atoms with Crippen molar-refractivity contribution in [2.75, 3.05) is 32.1 Å². The molecular formula is C20H26ClN5OS. The Morgan fingerprint density at radius 1 is 1.25 bits per heavy atom. The first kappa shape index (κ1) is 20.8. The average molecular weight is 420 g/mol. The van der Waals surface area contributed by atoms with Crippen LogP contribution in [0.15, 0.2) is 24.4 Å². The van der Waals surface area contributed by atoms with Gasteiger partial charge in [0, 0.05) is 23.8 Å². The molecule has 0 bridgehead atoms. The van der Waals surface area contributed by atoms with Gasteiger partial charge in [0.15, 0.2) is 10.8 Å². The molecule has 0 spiro atoms. The van der Waals surface area contributed by atoms with Gasteiger partial charge in [0.05, 0.1) is 10.2 Å². The van der Waals surface area contributed by atoms with Crippen molar-refractivity contribution in [3.05, 3.63) is 40.7 Å². The number of carbonyl (C=O) groups excluding carboxylic acids is 1. The molecule has 8 heteroatoms. The zero-order chi connectivity index (χ0) is 20.4. The Morgan fingerprint density at radius 2 is 2.00 bits per heavy atom. The van der Waals surface area contributed by atoms with Gasteiger partial charge in [-0.2, -0.15) is 5.10 Å². The second-order valence-corrected chi connectivity index (χ2v) is 8.82. The standard InChI is InChI=1S/C20H26ClN5OS/c1-13(2)26-12-9-16(23-26)19(27)25(11-6-10-24(4)5)20-22-18-14(3)15(21)7-8-17(18)28-20/h7-9,12-13H,6,10-11H2,1-5H3. The number of anilines is 1. The molecule has 0 N–H and O–H groups in total. The Kier molecular flexibility index (Phi) is 6.37. The molecule has 0 saturated heterocycles. The number of aromatic nitrogens is 3. The lowest BCUT2D eigenvalue weighted by atomic mass is 10.2. The maximum atomic E-state index is 13.3. The van der Waals surface area contributed by atoms with Crippen LogP contribution >= 0.6 is 22.9 Å². The van der Waals surface area contributed by atoms with Crippen LogP contribution in [-0.2, 0) is 0 Å². The van der Waals surface area contributed by atoms with E-state index in [2.05, 4.69) is 10.00 Å². The van der Waals surface area contributed by atoms with Crippen LogP contribution in [0.4, 0.5) is 5.13 Å². The van der Waals surface area contributed by atoms with Crippen LogP contribution < -0.4 is 4.90 Å². The fourth-order valence-corrected chi connectivity index (χ4v) is 4.11. The van der Waals surface area contributed by atoms with E-state index in [1.807, 2.05) is 53.2 Å². The number of benzene rings is 1. The Morgan fingerprint density at radius 3 is 2.64 bits per heavy atom. The van der Waals surface area contributed by atoms with Gasteiger partial charge in [0.25, 0.3) is 5.91 Å². The summed E-state index contributed by atoms with van der Waals surface area (Å²) in [6.07, 6.45) is 2.69. The van der Waals surface area contributed by atoms with Gasteiger partial charge in [-0.25, -0.2) is 4.98 Å². The molecule has 0 unspecified atom stereocenters. The van der Waals surface area contributed by atoms with Crippen LogP contribution in [0.2, 0.25) is 5.02 Å². The highest BCUT2D eigenvalue weighted by Gasteiger charge is 2.24.